The zero-order valence-corrected chi connectivity index (χ0v) is 24.7. The van der Waals surface area contributed by atoms with Gasteiger partial charge in [-0.1, -0.05) is 85.3 Å². The molecule has 0 unspecified atom stereocenters. The van der Waals surface area contributed by atoms with Gasteiger partial charge in [-0.05, 0) is 49.9 Å². The molecule has 214 valence electrons. The molecule has 2 amide bonds. The summed E-state index contributed by atoms with van der Waals surface area (Å²) >= 11 is 0. The number of nitrogens with one attached hydrogen (secondary N) is 1. The molecule has 0 saturated heterocycles. The molecule has 3 rings (SSSR count). The molecule has 0 spiro atoms. The predicted molar refractivity (Wildman–Crippen MR) is 161 cm³/mol. The number of anilines is 1. The Hall–Kier alpha value is -3.65. The number of aryl methyl sites for hydroxylation is 1. The van der Waals surface area contributed by atoms with Gasteiger partial charge in [-0.15, -0.1) is 0 Å². The quantitative estimate of drug-likeness (QED) is 0.296. The smallest absolute Gasteiger partial charge is 0.243 e. The molecule has 0 aliphatic heterocycles. The van der Waals surface area contributed by atoms with Crippen LogP contribution in [0.1, 0.15) is 49.8 Å². The van der Waals surface area contributed by atoms with Gasteiger partial charge >= 0.3 is 0 Å². The van der Waals surface area contributed by atoms with Gasteiger partial charge in [-0.25, -0.2) is 8.42 Å². The highest BCUT2D eigenvalue weighted by atomic mass is 32.2. The fraction of sp³-hybridized carbons (Fsp3) is 0.375. The highest BCUT2D eigenvalue weighted by Gasteiger charge is 2.31. The van der Waals surface area contributed by atoms with E-state index < -0.39 is 16.1 Å². The van der Waals surface area contributed by atoms with Gasteiger partial charge in [0.05, 0.1) is 11.9 Å². The van der Waals surface area contributed by atoms with Crippen molar-refractivity contribution in [2.75, 3.05) is 17.1 Å². The minimum Gasteiger partial charge on any atom is -0.352 e. The van der Waals surface area contributed by atoms with Crippen LogP contribution in [0.3, 0.4) is 0 Å². The topological polar surface area (TPSA) is 86.8 Å². The van der Waals surface area contributed by atoms with Crippen LogP contribution in [0.5, 0.6) is 0 Å². The van der Waals surface area contributed by atoms with Crippen LogP contribution in [0.15, 0.2) is 84.9 Å². The molecule has 8 heteroatoms. The average molecular weight is 564 g/mol. The van der Waals surface area contributed by atoms with Crippen molar-refractivity contribution in [1.82, 2.24) is 10.2 Å². The molecule has 0 bridgehead atoms. The highest BCUT2D eigenvalue weighted by molar-refractivity contribution is 7.92. The number of benzene rings is 3. The predicted octanol–water partition coefficient (Wildman–Crippen LogP) is 5.10. The molecule has 40 heavy (non-hydrogen) atoms. The summed E-state index contributed by atoms with van der Waals surface area (Å²) in [5.74, 6) is -0.386. The number of hydrogen-bond acceptors (Lipinski definition) is 4. The zero-order chi connectivity index (χ0) is 29.1. The number of amides is 2. The van der Waals surface area contributed by atoms with Crippen LogP contribution < -0.4 is 9.62 Å². The van der Waals surface area contributed by atoms with E-state index in [2.05, 4.69) is 5.32 Å². The van der Waals surface area contributed by atoms with Gasteiger partial charge in [0, 0.05) is 32.0 Å². The van der Waals surface area contributed by atoms with Gasteiger partial charge in [0.25, 0.3) is 0 Å². The Morgan fingerprint density at radius 2 is 1.48 bits per heavy atom. The molecule has 1 N–H and O–H groups in total. The lowest BCUT2D eigenvalue weighted by atomic mass is 10.0. The maximum absolute atomic E-state index is 13.9. The molecule has 0 fully saturated rings. The third-order valence-electron chi connectivity index (χ3n) is 6.94. The Kier molecular flexibility index (Phi) is 11.3. The summed E-state index contributed by atoms with van der Waals surface area (Å²) in [6.45, 7) is 6.40. The summed E-state index contributed by atoms with van der Waals surface area (Å²) in [7, 11) is -3.53. The first-order chi connectivity index (χ1) is 19.1. The van der Waals surface area contributed by atoms with E-state index in [9.17, 15) is 18.0 Å². The maximum Gasteiger partial charge on any atom is 0.243 e. The standard InChI is InChI=1S/C32H41N3O4S/c1-5-26(3)33-32(37)30(23-27-13-8-6-9-14-27)34(24-28-20-18-25(2)19-21-28)31(36)17-12-22-35(40(4,38)39)29-15-10-7-11-16-29/h6-11,13-16,18-21,26,30H,5,12,17,22-24H2,1-4H3,(H,33,37)/t26-,30-/m0/s1. The zero-order valence-electron chi connectivity index (χ0n) is 23.9. The molecule has 0 aliphatic carbocycles. The molecule has 2 atom stereocenters. The van der Waals surface area contributed by atoms with Gasteiger partial charge < -0.3 is 10.2 Å². The SMILES string of the molecule is CC[C@H](C)NC(=O)[C@H](Cc1ccccc1)N(Cc1ccc(C)cc1)C(=O)CCCN(c1ccccc1)S(C)(=O)=O. The van der Waals surface area contributed by atoms with Crippen LogP contribution in [0.25, 0.3) is 0 Å². The maximum atomic E-state index is 13.9. The van der Waals surface area contributed by atoms with Crippen molar-refractivity contribution in [1.29, 1.82) is 0 Å². The molecular weight excluding hydrogens is 522 g/mol. The fourth-order valence-corrected chi connectivity index (χ4v) is 5.45. The normalized spacial score (nSPS) is 12.8. The number of carbonyl (C=O) groups is 2. The minimum absolute atomic E-state index is 0.0312. The summed E-state index contributed by atoms with van der Waals surface area (Å²) < 4.78 is 26.4. The van der Waals surface area contributed by atoms with Crippen LogP contribution >= 0.6 is 0 Å². The van der Waals surface area contributed by atoms with Crippen molar-refractivity contribution in [3.05, 3.63) is 102 Å². The van der Waals surface area contributed by atoms with E-state index in [4.69, 9.17) is 0 Å². The van der Waals surface area contributed by atoms with E-state index in [1.807, 2.05) is 81.4 Å². The highest BCUT2D eigenvalue weighted by Crippen LogP contribution is 2.20. The van der Waals surface area contributed by atoms with Crippen LogP contribution in [0.2, 0.25) is 0 Å². The Morgan fingerprint density at radius 1 is 0.875 bits per heavy atom. The van der Waals surface area contributed by atoms with Crippen LogP contribution in [-0.2, 0) is 32.6 Å². The lowest BCUT2D eigenvalue weighted by Gasteiger charge is -2.32. The molecule has 3 aromatic carbocycles. The van der Waals surface area contributed by atoms with Crippen molar-refractivity contribution in [3.63, 3.8) is 0 Å². The van der Waals surface area contributed by atoms with Crippen LogP contribution in [0.4, 0.5) is 5.69 Å². The van der Waals surface area contributed by atoms with E-state index in [0.717, 1.165) is 23.1 Å². The van der Waals surface area contributed by atoms with Crippen molar-refractivity contribution in [2.24, 2.45) is 0 Å². The van der Waals surface area contributed by atoms with Gasteiger partial charge in [-0.3, -0.25) is 13.9 Å². The lowest BCUT2D eigenvalue weighted by molar-refractivity contribution is -0.141. The second-order valence-electron chi connectivity index (χ2n) is 10.3. The molecule has 0 saturated carbocycles. The minimum atomic E-state index is -3.53. The number of sulfonamides is 1. The number of carbonyl (C=O) groups excluding carboxylic acids is 2. The van der Waals surface area contributed by atoms with E-state index in [-0.39, 0.29) is 37.4 Å². The summed E-state index contributed by atoms with van der Waals surface area (Å²) in [4.78, 5) is 29.1. The molecule has 0 aromatic heterocycles. The largest absolute Gasteiger partial charge is 0.352 e. The van der Waals surface area contributed by atoms with Crippen LogP contribution in [0, 0.1) is 6.92 Å². The second kappa shape index (κ2) is 14.7. The first kappa shape index (κ1) is 30.9. The van der Waals surface area contributed by atoms with Gasteiger partial charge in [0.1, 0.15) is 6.04 Å². The molecule has 7 nitrogen and oxygen atoms in total. The average Bonchev–Trinajstić information content (AvgIpc) is 2.94. The van der Waals surface area contributed by atoms with E-state index in [0.29, 0.717) is 18.5 Å². The fourth-order valence-electron chi connectivity index (χ4n) is 4.48. The van der Waals surface area contributed by atoms with E-state index in [1.54, 1.807) is 29.2 Å². The number of rotatable bonds is 14. The number of hydrogen-bond donors (Lipinski definition) is 1. The first-order valence-electron chi connectivity index (χ1n) is 13.8. The summed E-state index contributed by atoms with van der Waals surface area (Å²) in [6, 6.07) is 25.8. The molecule has 0 radical (unpaired) electrons. The Balaban J connectivity index is 1.88. The summed E-state index contributed by atoms with van der Waals surface area (Å²) in [6.07, 6.45) is 2.74. The van der Waals surface area contributed by atoms with Crippen LogP contribution in [-0.4, -0.2) is 50.0 Å². The van der Waals surface area contributed by atoms with Crippen molar-refractivity contribution in [2.45, 2.75) is 65.1 Å². The van der Waals surface area contributed by atoms with Crippen molar-refractivity contribution >= 4 is 27.5 Å². The van der Waals surface area contributed by atoms with Gasteiger partial charge in [0.2, 0.25) is 21.8 Å². The Morgan fingerprint density at radius 3 is 2.05 bits per heavy atom. The monoisotopic (exact) mass is 563 g/mol. The van der Waals surface area contributed by atoms with Gasteiger partial charge in [0.15, 0.2) is 0 Å². The number of nitrogens with zero attached hydrogens (tertiary/aromatic N) is 2. The molecule has 0 aliphatic rings. The van der Waals surface area contributed by atoms with E-state index >= 15 is 0 Å². The Labute approximate surface area is 239 Å². The third kappa shape index (κ3) is 9.23. The molecule has 0 heterocycles. The summed E-state index contributed by atoms with van der Waals surface area (Å²) in [5.41, 5.74) is 3.55. The Bertz CT molecular complexity index is 1330. The molecule has 3 aromatic rings. The lowest BCUT2D eigenvalue weighted by Crippen LogP contribution is -2.52. The first-order valence-corrected chi connectivity index (χ1v) is 15.7. The third-order valence-corrected chi connectivity index (χ3v) is 8.14. The second-order valence-corrected chi connectivity index (χ2v) is 12.2. The van der Waals surface area contributed by atoms with Gasteiger partial charge in [-0.2, -0.15) is 0 Å². The number of para-hydroxylation sites is 1. The summed E-state index contributed by atoms with van der Waals surface area (Å²) in [5, 5.41) is 3.08. The molecular formula is C32H41N3O4S. The van der Waals surface area contributed by atoms with E-state index in [1.165, 1.54) is 10.6 Å². The van der Waals surface area contributed by atoms with Crippen molar-refractivity contribution < 1.29 is 18.0 Å². The van der Waals surface area contributed by atoms with Crippen molar-refractivity contribution in [3.8, 4) is 0 Å².